The van der Waals surface area contributed by atoms with E-state index in [0.717, 1.165) is 17.3 Å². The smallest absolute Gasteiger partial charge is 0.325 e. The maximum absolute atomic E-state index is 11.6. The molecule has 1 saturated carbocycles. The van der Waals surface area contributed by atoms with Crippen LogP contribution in [0.15, 0.2) is 22.7 Å². The lowest BCUT2D eigenvalue weighted by atomic mass is 9.94. The Balaban J connectivity index is 2.21. The second-order valence-corrected chi connectivity index (χ2v) is 6.01. The monoisotopic (exact) mass is 341 g/mol. The minimum Gasteiger partial charge on any atom is -0.497 e. The zero-order chi connectivity index (χ0) is 14.5. The summed E-state index contributed by atoms with van der Waals surface area (Å²) in [5.41, 5.74) is 0.711. The number of rotatable bonds is 5. The summed E-state index contributed by atoms with van der Waals surface area (Å²) in [4.78, 5) is 11.6. The zero-order valence-corrected chi connectivity index (χ0v) is 13.1. The molecule has 1 aromatic carbocycles. The van der Waals surface area contributed by atoms with Gasteiger partial charge >= 0.3 is 5.97 Å². The first-order chi connectivity index (χ1) is 9.61. The number of carboxylic acid groups (broad SMARTS) is 1. The van der Waals surface area contributed by atoms with Gasteiger partial charge in [0, 0.05) is 10.5 Å². The molecule has 0 radical (unpaired) electrons. The molecule has 1 aliphatic rings. The molecule has 0 amide bonds. The lowest BCUT2D eigenvalue weighted by molar-refractivity contribution is -0.140. The fourth-order valence-electron chi connectivity index (χ4n) is 2.67. The molecular weight excluding hydrogens is 322 g/mol. The van der Waals surface area contributed by atoms with Crippen molar-refractivity contribution in [1.82, 2.24) is 5.32 Å². The van der Waals surface area contributed by atoms with Gasteiger partial charge in [-0.25, -0.2) is 0 Å². The van der Waals surface area contributed by atoms with Crippen molar-refractivity contribution in [2.75, 3.05) is 7.11 Å². The van der Waals surface area contributed by atoms with Gasteiger partial charge in [0.15, 0.2) is 0 Å². The number of methoxy groups -OCH3 is 1. The van der Waals surface area contributed by atoms with E-state index in [1.807, 2.05) is 12.1 Å². The Labute approximate surface area is 127 Å². The third-order valence-corrected chi connectivity index (χ3v) is 4.49. The zero-order valence-electron chi connectivity index (χ0n) is 11.6. The molecule has 2 N–H and O–H groups in total. The maximum atomic E-state index is 11.6. The number of carbonyl (C=O) groups is 1. The molecule has 0 spiro atoms. The molecular formula is C15H20BrNO3. The number of hydrogen-bond acceptors (Lipinski definition) is 3. The molecule has 4 nitrogen and oxygen atoms in total. The van der Waals surface area contributed by atoms with Crippen molar-refractivity contribution >= 4 is 21.9 Å². The van der Waals surface area contributed by atoms with E-state index in [9.17, 15) is 9.90 Å². The van der Waals surface area contributed by atoms with Crippen LogP contribution in [0.2, 0.25) is 0 Å². The largest absolute Gasteiger partial charge is 0.497 e. The molecule has 1 aliphatic carbocycles. The first kappa shape index (κ1) is 15.3. The van der Waals surface area contributed by atoms with Gasteiger partial charge in [-0.3, -0.25) is 10.1 Å². The highest BCUT2D eigenvalue weighted by atomic mass is 79.9. The van der Waals surface area contributed by atoms with Gasteiger partial charge in [0.2, 0.25) is 0 Å². The van der Waals surface area contributed by atoms with Crippen molar-refractivity contribution in [3.8, 4) is 5.75 Å². The molecule has 1 unspecified atom stereocenters. The van der Waals surface area contributed by atoms with E-state index in [4.69, 9.17) is 4.74 Å². The standard InChI is InChI=1S/C15H20BrNO3/c1-20-11-7-8-13(16)12(9-11)14(15(18)19)17-10-5-3-2-4-6-10/h7-10,14,17H,2-6H2,1H3,(H,18,19). The number of halogens is 1. The quantitative estimate of drug-likeness (QED) is 0.860. The summed E-state index contributed by atoms with van der Waals surface area (Å²) in [6, 6.07) is 4.99. The van der Waals surface area contributed by atoms with Gasteiger partial charge in [0.05, 0.1) is 7.11 Å². The highest BCUT2D eigenvalue weighted by Crippen LogP contribution is 2.29. The minimum absolute atomic E-state index is 0.281. The summed E-state index contributed by atoms with van der Waals surface area (Å²) in [7, 11) is 1.58. The second-order valence-electron chi connectivity index (χ2n) is 5.16. The Kier molecular flexibility index (Phi) is 5.43. The average molecular weight is 342 g/mol. The van der Waals surface area contributed by atoms with E-state index in [2.05, 4.69) is 21.2 Å². The van der Waals surface area contributed by atoms with Crippen LogP contribution in [0.3, 0.4) is 0 Å². The SMILES string of the molecule is COc1ccc(Br)c(C(NC2CCCCC2)C(=O)O)c1. The van der Waals surface area contributed by atoms with Crippen molar-refractivity contribution in [3.05, 3.63) is 28.2 Å². The second kappa shape index (κ2) is 7.09. The topological polar surface area (TPSA) is 58.6 Å². The Morgan fingerprint density at radius 1 is 1.40 bits per heavy atom. The van der Waals surface area contributed by atoms with Gasteiger partial charge < -0.3 is 9.84 Å². The molecule has 0 aliphatic heterocycles. The highest BCUT2D eigenvalue weighted by molar-refractivity contribution is 9.10. The van der Waals surface area contributed by atoms with Gasteiger partial charge in [-0.1, -0.05) is 35.2 Å². The van der Waals surface area contributed by atoms with Gasteiger partial charge in [-0.05, 0) is 36.6 Å². The maximum Gasteiger partial charge on any atom is 0.325 e. The molecule has 0 saturated heterocycles. The van der Waals surface area contributed by atoms with Crippen molar-refractivity contribution < 1.29 is 14.6 Å². The van der Waals surface area contributed by atoms with Crippen LogP contribution in [0.1, 0.15) is 43.7 Å². The van der Waals surface area contributed by atoms with Gasteiger partial charge in [0.25, 0.3) is 0 Å². The Morgan fingerprint density at radius 3 is 2.70 bits per heavy atom. The van der Waals surface area contributed by atoms with Crippen molar-refractivity contribution in [2.24, 2.45) is 0 Å². The molecule has 0 heterocycles. The molecule has 20 heavy (non-hydrogen) atoms. The van der Waals surface area contributed by atoms with Gasteiger partial charge in [0.1, 0.15) is 11.8 Å². The summed E-state index contributed by atoms with van der Waals surface area (Å²) in [6.07, 6.45) is 5.68. The van der Waals surface area contributed by atoms with Crippen molar-refractivity contribution in [3.63, 3.8) is 0 Å². The van der Waals surface area contributed by atoms with Gasteiger partial charge in [-0.15, -0.1) is 0 Å². The van der Waals surface area contributed by atoms with Crippen LogP contribution in [0.5, 0.6) is 5.75 Å². The summed E-state index contributed by atoms with van der Waals surface area (Å²) in [5, 5.41) is 12.8. The minimum atomic E-state index is -0.857. The van der Waals surface area contributed by atoms with E-state index >= 15 is 0 Å². The predicted octanol–water partition coefficient (Wildman–Crippen LogP) is 3.51. The van der Waals surface area contributed by atoms with Crippen LogP contribution in [-0.2, 0) is 4.79 Å². The number of carboxylic acids is 1. The predicted molar refractivity (Wildman–Crippen MR) is 81.1 cm³/mol. The van der Waals surface area contributed by atoms with Crippen LogP contribution in [0.25, 0.3) is 0 Å². The number of nitrogens with one attached hydrogen (secondary N) is 1. The number of hydrogen-bond donors (Lipinski definition) is 2. The Hall–Kier alpha value is -1.07. The molecule has 1 atom stereocenters. The molecule has 1 fully saturated rings. The molecule has 0 bridgehead atoms. The normalized spacial score (nSPS) is 17.7. The summed E-state index contributed by atoms with van der Waals surface area (Å²) in [6.45, 7) is 0. The fourth-order valence-corrected chi connectivity index (χ4v) is 3.14. The third-order valence-electron chi connectivity index (χ3n) is 3.77. The van der Waals surface area contributed by atoms with Crippen molar-refractivity contribution in [1.29, 1.82) is 0 Å². The number of benzene rings is 1. The van der Waals surface area contributed by atoms with Crippen LogP contribution in [0.4, 0.5) is 0 Å². The molecule has 5 heteroatoms. The molecule has 1 aromatic rings. The van der Waals surface area contributed by atoms with Gasteiger partial charge in [-0.2, -0.15) is 0 Å². The fraction of sp³-hybridized carbons (Fsp3) is 0.533. The first-order valence-corrected chi connectivity index (χ1v) is 7.73. The summed E-state index contributed by atoms with van der Waals surface area (Å²) < 4.78 is 5.97. The average Bonchev–Trinajstić information content (AvgIpc) is 2.46. The summed E-state index contributed by atoms with van der Waals surface area (Å²) >= 11 is 3.43. The van der Waals surface area contributed by atoms with Crippen LogP contribution < -0.4 is 10.1 Å². The summed E-state index contributed by atoms with van der Waals surface area (Å²) in [5.74, 6) is -0.190. The van der Waals surface area contributed by atoms with E-state index in [-0.39, 0.29) is 6.04 Å². The Morgan fingerprint density at radius 2 is 2.10 bits per heavy atom. The Bertz CT molecular complexity index is 472. The van der Waals surface area contributed by atoms with E-state index in [1.54, 1.807) is 13.2 Å². The van der Waals surface area contributed by atoms with Crippen LogP contribution in [-0.4, -0.2) is 24.2 Å². The molecule has 0 aromatic heterocycles. The molecule has 2 rings (SSSR count). The first-order valence-electron chi connectivity index (χ1n) is 6.94. The third kappa shape index (κ3) is 3.73. The van der Waals surface area contributed by atoms with Crippen molar-refractivity contribution in [2.45, 2.75) is 44.2 Å². The van der Waals surface area contributed by atoms with Crippen LogP contribution in [0, 0.1) is 0 Å². The number of aliphatic carboxylic acids is 1. The number of ether oxygens (including phenoxy) is 1. The van der Waals surface area contributed by atoms with E-state index in [0.29, 0.717) is 11.3 Å². The lowest BCUT2D eigenvalue weighted by Gasteiger charge is -2.27. The molecule has 110 valence electrons. The van der Waals surface area contributed by atoms with E-state index in [1.165, 1.54) is 19.3 Å². The van der Waals surface area contributed by atoms with Crippen LogP contribution >= 0.6 is 15.9 Å². The highest BCUT2D eigenvalue weighted by Gasteiger charge is 2.26. The lowest BCUT2D eigenvalue weighted by Crippen LogP contribution is -2.38. The van der Waals surface area contributed by atoms with E-state index < -0.39 is 12.0 Å².